The molecule has 7 nitrogen and oxygen atoms in total. The van der Waals surface area contributed by atoms with Crippen molar-refractivity contribution in [3.05, 3.63) is 41.8 Å². The normalized spacial score (nSPS) is 23.9. The zero-order valence-electron chi connectivity index (χ0n) is 16.5. The van der Waals surface area contributed by atoms with Gasteiger partial charge in [0.25, 0.3) is 0 Å². The number of aliphatic imine (C=N–C) groups is 1. The van der Waals surface area contributed by atoms with E-state index in [0.717, 1.165) is 30.3 Å². The molecule has 3 aliphatic rings. The molecule has 2 bridgehead atoms. The van der Waals surface area contributed by atoms with Gasteiger partial charge in [-0.2, -0.15) is 0 Å². The Morgan fingerprint density at radius 2 is 1.93 bits per heavy atom. The molecule has 0 saturated carbocycles. The zero-order valence-corrected chi connectivity index (χ0v) is 18.8. The van der Waals surface area contributed by atoms with Crippen LogP contribution in [0.15, 0.2) is 39.9 Å². The summed E-state index contributed by atoms with van der Waals surface area (Å²) in [6.45, 7) is 9.47. The number of nitrogens with zero attached hydrogens (tertiary/aromatic N) is 4. The van der Waals surface area contributed by atoms with E-state index in [1.807, 2.05) is 12.1 Å². The molecule has 4 heterocycles. The lowest BCUT2D eigenvalue weighted by molar-refractivity contribution is 0.0154. The fourth-order valence-electron chi connectivity index (χ4n) is 3.74. The number of guanidine groups is 1. The lowest BCUT2D eigenvalue weighted by atomic mass is 10.1. The Hall–Kier alpha value is -1.65. The maximum Gasteiger partial charge on any atom is 0.226 e. The van der Waals surface area contributed by atoms with Gasteiger partial charge in [-0.15, -0.1) is 24.0 Å². The van der Waals surface area contributed by atoms with Gasteiger partial charge in [-0.05, 0) is 19.1 Å². The molecular formula is C20H29IN6O. The predicted molar refractivity (Wildman–Crippen MR) is 122 cm³/mol. The van der Waals surface area contributed by atoms with Crippen LogP contribution in [0.4, 0.5) is 0 Å². The van der Waals surface area contributed by atoms with Gasteiger partial charge in [-0.25, -0.2) is 4.98 Å². The van der Waals surface area contributed by atoms with Crippen LogP contribution in [0.1, 0.15) is 11.3 Å². The Kier molecular flexibility index (Phi) is 7.30. The average Bonchev–Trinajstić information content (AvgIpc) is 3.18. The molecule has 1 aromatic carbocycles. The summed E-state index contributed by atoms with van der Waals surface area (Å²) in [6, 6.07) is 8.75. The van der Waals surface area contributed by atoms with Gasteiger partial charge in [0.1, 0.15) is 6.26 Å². The minimum Gasteiger partial charge on any atom is -0.444 e. The van der Waals surface area contributed by atoms with Gasteiger partial charge in [0.2, 0.25) is 5.89 Å². The van der Waals surface area contributed by atoms with Crippen LogP contribution in [0.25, 0.3) is 11.5 Å². The van der Waals surface area contributed by atoms with Crippen LogP contribution >= 0.6 is 24.0 Å². The van der Waals surface area contributed by atoms with Crippen molar-refractivity contribution in [2.24, 2.45) is 4.99 Å². The molecule has 2 aromatic rings. The van der Waals surface area contributed by atoms with Crippen molar-refractivity contribution < 1.29 is 4.42 Å². The molecule has 0 radical (unpaired) electrons. The zero-order chi connectivity index (χ0) is 18.6. The van der Waals surface area contributed by atoms with Crippen LogP contribution in [0.2, 0.25) is 0 Å². The van der Waals surface area contributed by atoms with Crippen LogP contribution < -0.4 is 10.6 Å². The van der Waals surface area contributed by atoms with Gasteiger partial charge in [0.15, 0.2) is 5.96 Å². The van der Waals surface area contributed by atoms with Crippen LogP contribution in [0.5, 0.6) is 0 Å². The van der Waals surface area contributed by atoms with Crippen LogP contribution in [0.3, 0.4) is 0 Å². The second kappa shape index (κ2) is 9.71. The molecular weight excluding hydrogens is 467 g/mol. The highest BCUT2D eigenvalue weighted by Crippen LogP contribution is 2.19. The number of hydrogen-bond donors (Lipinski definition) is 2. The third-order valence-corrected chi connectivity index (χ3v) is 5.41. The lowest BCUT2D eigenvalue weighted by Gasteiger charge is -2.47. The molecule has 0 aliphatic carbocycles. The molecule has 28 heavy (non-hydrogen) atoms. The first-order valence-electron chi connectivity index (χ1n) is 9.63. The number of rotatable bonds is 5. The highest BCUT2D eigenvalue weighted by atomic mass is 127. The minimum absolute atomic E-state index is 0. The summed E-state index contributed by atoms with van der Waals surface area (Å²) in [5.74, 6) is 1.45. The monoisotopic (exact) mass is 496 g/mol. The third-order valence-electron chi connectivity index (χ3n) is 5.41. The lowest BCUT2D eigenvalue weighted by Crippen LogP contribution is -2.63. The first kappa shape index (κ1) is 21.1. The van der Waals surface area contributed by atoms with E-state index in [-0.39, 0.29) is 24.0 Å². The van der Waals surface area contributed by atoms with Gasteiger partial charge < -0.3 is 15.1 Å². The second-order valence-corrected chi connectivity index (χ2v) is 7.31. The minimum atomic E-state index is 0. The predicted octanol–water partition coefficient (Wildman–Crippen LogP) is 1.93. The SMILES string of the molecule is CN=C(NCc1coc(-c2ccc(C)cc2)n1)NCC1CN2CCN1CC2.I. The molecule has 1 atom stereocenters. The molecule has 1 unspecified atom stereocenters. The van der Waals surface area contributed by atoms with Crippen molar-refractivity contribution in [1.29, 1.82) is 0 Å². The van der Waals surface area contributed by atoms with E-state index in [1.165, 1.54) is 31.7 Å². The number of piperazine rings is 3. The molecule has 1 aromatic heterocycles. The van der Waals surface area contributed by atoms with E-state index in [9.17, 15) is 0 Å². The van der Waals surface area contributed by atoms with Gasteiger partial charge in [0, 0.05) is 57.9 Å². The smallest absolute Gasteiger partial charge is 0.226 e. The Morgan fingerprint density at radius 1 is 1.18 bits per heavy atom. The quantitative estimate of drug-likeness (QED) is 0.375. The molecule has 2 N–H and O–H groups in total. The Bertz CT molecular complexity index is 782. The molecule has 8 heteroatoms. The van der Waals surface area contributed by atoms with Crippen LogP contribution in [0, 0.1) is 6.92 Å². The summed E-state index contributed by atoms with van der Waals surface area (Å²) in [7, 11) is 1.80. The van der Waals surface area contributed by atoms with Crippen molar-refractivity contribution in [3.8, 4) is 11.5 Å². The third kappa shape index (κ3) is 5.03. The summed E-state index contributed by atoms with van der Waals surface area (Å²) in [6.07, 6.45) is 1.70. The van der Waals surface area contributed by atoms with Crippen molar-refractivity contribution >= 4 is 29.9 Å². The van der Waals surface area contributed by atoms with Crippen molar-refractivity contribution in [1.82, 2.24) is 25.4 Å². The van der Waals surface area contributed by atoms with Crippen molar-refractivity contribution in [2.75, 3.05) is 46.3 Å². The largest absolute Gasteiger partial charge is 0.444 e. The van der Waals surface area contributed by atoms with Crippen LogP contribution in [-0.4, -0.2) is 73.1 Å². The summed E-state index contributed by atoms with van der Waals surface area (Å²) >= 11 is 0. The Morgan fingerprint density at radius 3 is 2.57 bits per heavy atom. The van der Waals surface area contributed by atoms with Gasteiger partial charge in [0.05, 0.1) is 12.2 Å². The molecule has 0 amide bonds. The first-order chi connectivity index (χ1) is 13.2. The van der Waals surface area contributed by atoms with Gasteiger partial charge in [-0.3, -0.25) is 14.8 Å². The molecule has 3 saturated heterocycles. The Balaban J connectivity index is 0.00000225. The number of oxazole rings is 1. The van der Waals surface area contributed by atoms with E-state index in [2.05, 4.69) is 49.5 Å². The standard InChI is InChI=1S/C20H28N6O.HI/c1-15-3-5-16(6-4-15)19-24-17(14-27-19)11-22-20(21-2)23-12-18-13-25-7-9-26(18)10-8-25;/h3-6,14,18H,7-13H2,1-2H3,(H2,21,22,23);1H. The summed E-state index contributed by atoms with van der Waals surface area (Å²) in [5.41, 5.74) is 3.08. The fourth-order valence-corrected chi connectivity index (χ4v) is 3.74. The number of benzene rings is 1. The van der Waals surface area contributed by atoms with E-state index in [0.29, 0.717) is 18.5 Å². The van der Waals surface area contributed by atoms with E-state index < -0.39 is 0 Å². The van der Waals surface area contributed by atoms with E-state index in [1.54, 1.807) is 13.3 Å². The summed E-state index contributed by atoms with van der Waals surface area (Å²) in [4.78, 5) is 14.0. The van der Waals surface area contributed by atoms with Gasteiger partial charge >= 0.3 is 0 Å². The number of hydrogen-bond acceptors (Lipinski definition) is 5. The van der Waals surface area contributed by atoms with E-state index >= 15 is 0 Å². The maximum absolute atomic E-state index is 5.62. The summed E-state index contributed by atoms with van der Waals surface area (Å²) in [5, 5.41) is 6.78. The van der Waals surface area contributed by atoms with Crippen molar-refractivity contribution in [3.63, 3.8) is 0 Å². The molecule has 3 aliphatic heterocycles. The van der Waals surface area contributed by atoms with Gasteiger partial charge in [-0.1, -0.05) is 17.7 Å². The topological polar surface area (TPSA) is 68.9 Å². The molecule has 0 spiro atoms. The molecule has 5 rings (SSSR count). The average molecular weight is 496 g/mol. The van der Waals surface area contributed by atoms with Crippen molar-refractivity contribution in [2.45, 2.75) is 19.5 Å². The number of aromatic nitrogens is 1. The number of nitrogens with one attached hydrogen (secondary N) is 2. The first-order valence-corrected chi connectivity index (χ1v) is 9.63. The summed E-state index contributed by atoms with van der Waals surface area (Å²) < 4.78 is 5.62. The fraction of sp³-hybridized carbons (Fsp3) is 0.500. The Labute approximate surface area is 183 Å². The number of fused-ring (bicyclic) bond motifs is 3. The maximum atomic E-state index is 5.62. The second-order valence-electron chi connectivity index (χ2n) is 7.31. The molecule has 3 fully saturated rings. The number of aryl methyl sites for hydroxylation is 1. The van der Waals surface area contributed by atoms with Crippen LogP contribution in [-0.2, 0) is 6.54 Å². The highest BCUT2D eigenvalue weighted by molar-refractivity contribution is 14.0. The highest BCUT2D eigenvalue weighted by Gasteiger charge is 2.31. The van der Waals surface area contributed by atoms with E-state index in [4.69, 9.17) is 4.42 Å². The molecule has 152 valence electrons. The number of halogens is 1.